The van der Waals surface area contributed by atoms with E-state index in [4.69, 9.17) is 4.74 Å². The van der Waals surface area contributed by atoms with Crippen molar-refractivity contribution in [1.29, 1.82) is 0 Å². The zero-order valence-corrected chi connectivity index (χ0v) is 20.5. The summed E-state index contributed by atoms with van der Waals surface area (Å²) in [5.41, 5.74) is 1.57. The van der Waals surface area contributed by atoms with Crippen LogP contribution in [-0.4, -0.2) is 45.8 Å². The molecule has 2 aliphatic rings. The molecule has 2 aliphatic heterocycles. The molecular formula is C27H22N4O7. The van der Waals surface area contributed by atoms with Crippen molar-refractivity contribution < 1.29 is 24.0 Å². The van der Waals surface area contributed by atoms with Crippen molar-refractivity contribution in [2.24, 2.45) is 0 Å². The first kappa shape index (κ1) is 24.6. The fourth-order valence-electron chi connectivity index (χ4n) is 4.97. The fraction of sp³-hybridized carbons (Fsp3) is 0.185. The average molecular weight is 514 g/mol. The second kappa shape index (κ2) is 9.43. The molecule has 38 heavy (non-hydrogen) atoms. The number of hydrogen-bond acceptors (Lipinski definition) is 8. The monoisotopic (exact) mass is 514 g/mol. The number of amides is 2. The van der Waals surface area contributed by atoms with Crippen LogP contribution in [0.15, 0.2) is 76.9 Å². The lowest BCUT2D eigenvalue weighted by Gasteiger charge is -2.30. The van der Waals surface area contributed by atoms with E-state index in [-0.39, 0.29) is 29.9 Å². The molecule has 3 aromatic rings. The largest absolute Gasteiger partial charge is 0.466 e. The summed E-state index contributed by atoms with van der Waals surface area (Å²) in [6.07, 6.45) is 1.53. The van der Waals surface area contributed by atoms with Crippen LogP contribution in [0.3, 0.4) is 0 Å². The Hall–Kier alpha value is -5.06. The number of hydrogen-bond donors (Lipinski definition) is 1. The Morgan fingerprint density at radius 1 is 1.03 bits per heavy atom. The Morgan fingerprint density at radius 3 is 2.34 bits per heavy atom. The molecule has 0 saturated carbocycles. The molecule has 2 aromatic carbocycles. The second-order valence-corrected chi connectivity index (χ2v) is 8.89. The zero-order chi connectivity index (χ0) is 27.1. The quantitative estimate of drug-likeness (QED) is 0.229. The van der Waals surface area contributed by atoms with Gasteiger partial charge in [-0.15, -0.1) is 0 Å². The van der Waals surface area contributed by atoms with Gasteiger partial charge in [0, 0.05) is 42.8 Å². The van der Waals surface area contributed by atoms with Crippen LogP contribution >= 0.6 is 0 Å². The van der Waals surface area contributed by atoms with Gasteiger partial charge in [0.2, 0.25) is 0 Å². The number of benzene rings is 2. The summed E-state index contributed by atoms with van der Waals surface area (Å²) in [6, 6.07) is 13.9. The third-order valence-corrected chi connectivity index (χ3v) is 6.77. The van der Waals surface area contributed by atoms with Crippen LogP contribution in [0.4, 0.5) is 11.4 Å². The van der Waals surface area contributed by atoms with Gasteiger partial charge in [0.25, 0.3) is 23.1 Å². The highest BCUT2D eigenvalue weighted by Crippen LogP contribution is 2.41. The summed E-state index contributed by atoms with van der Waals surface area (Å²) in [5.74, 6) is -2.49. The van der Waals surface area contributed by atoms with Gasteiger partial charge in [0.1, 0.15) is 0 Å². The number of nitro benzene ring substituents is 1. The Morgan fingerprint density at radius 2 is 1.71 bits per heavy atom. The van der Waals surface area contributed by atoms with E-state index >= 15 is 0 Å². The number of methoxy groups -OCH3 is 1. The number of imide groups is 1. The predicted octanol–water partition coefficient (Wildman–Crippen LogP) is 3.06. The number of fused-ring (bicyclic) bond motifs is 2. The number of rotatable bonds is 6. The van der Waals surface area contributed by atoms with E-state index in [1.807, 2.05) is 0 Å². The van der Waals surface area contributed by atoms with Crippen LogP contribution in [0.2, 0.25) is 0 Å². The maximum Gasteiger partial charge on any atom is 0.336 e. The highest BCUT2D eigenvalue weighted by atomic mass is 16.6. The number of non-ortho nitro benzene ring substituents is 1. The third kappa shape index (κ3) is 3.94. The van der Waals surface area contributed by atoms with Crippen molar-refractivity contribution in [3.63, 3.8) is 0 Å². The minimum absolute atomic E-state index is 0.00942. The van der Waals surface area contributed by atoms with Crippen LogP contribution in [0.25, 0.3) is 0 Å². The zero-order valence-electron chi connectivity index (χ0n) is 20.5. The lowest BCUT2D eigenvalue weighted by Crippen LogP contribution is -2.37. The van der Waals surface area contributed by atoms with Crippen LogP contribution < -0.4 is 10.9 Å². The maximum absolute atomic E-state index is 13.8. The van der Waals surface area contributed by atoms with Gasteiger partial charge in [-0.1, -0.05) is 24.3 Å². The van der Waals surface area contributed by atoms with Crippen LogP contribution in [0.1, 0.15) is 44.7 Å². The normalized spacial score (nSPS) is 16.2. The van der Waals surface area contributed by atoms with Gasteiger partial charge in [0.05, 0.1) is 40.2 Å². The van der Waals surface area contributed by atoms with Gasteiger partial charge in [0.15, 0.2) is 0 Å². The van der Waals surface area contributed by atoms with E-state index in [1.54, 1.807) is 43.3 Å². The molecule has 1 N–H and O–H groups in total. The number of anilines is 1. The topological polar surface area (TPSA) is 141 Å². The number of esters is 1. The summed E-state index contributed by atoms with van der Waals surface area (Å²) in [5, 5.41) is 14.5. The summed E-state index contributed by atoms with van der Waals surface area (Å²) in [6.45, 7) is 1.63. The summed E-state index contributed by atoms with van der Waals surface area (Å²) in [7, 11) is 1.22. The van der Waals surface area contributed by atoms with Gasteiger partial charge in [-0.2, -0.15) is 0 Å². The standard InChI is InChI=1S/C27H22N4O7/c1-15-21(27(35)38-2)22(16-6-5-7-17(14-16)31(36)37)23-20(28-15)10-11-29(26(23)34)12-13-30-24(32)18-8-3-4-9-19(18)25(30)33/h3-11,14,22,28H,12-13H2,1-2H3. The lowest BCUT2D eigenvalue weighted by atomic mass is 9.81. The molecule has 1 aromatic heterocycles. The van der Waals surface area contributed by atoms with Crippen molar-refractivity contribution in [2.45, 2.75) is 19.4 Å². The molecule has 1 atom stereocenters. The first-order valence-corrected chi connectivity index (χ1v) is 11.7. The SMILES string of the molecule is COC(=O)C1=C(C)Nc2ccn(CCN3C(=O)c4ccccc4C3=O)c(=O)c2C1c1cccc([N+](=O)[O-])c1. The molecule has 0 bridgehead atoms. The van der Waals surface area contributed by atoms with E-state index in [2.05, 4.69) is 5.32 Å². The molecule has 0 radical (unpaired) electrons. The van der Waals surface area contributed by atoms with E-state index < -0.39 is 34.2 Å². The van der Waals surface area contributed by atoms with Crippen molar-refractivity contribution in [1.82, 2.24) is 9.47 Å². The molecule has 0 aliphatic carbocycles. The first-order chi connectivity index (χ1) is 18.2. The van der Waals surface area contributed by atoms with E-state index in [1.165, 1.54) is 36.1 Å². The van der Waals surface area contributed by atoms with Gasteiger partial charge in [-0.05, 0) is 30.7 Å². The maximum atomic E-state index is 13.8. The van der Waals surface area contributed by atoms with Gasteiger partial charge >= 0.3 is 5.97 Å². The van der Waals surface area contributed by atoms with Crippen molar-refractivity contribution in [3.8, 4) is 0 Å². The van der Waals surface area contributed by atoms with Crippen LogP contribution in [0.5, 0.6) is 0 Å². The van der Waals surface area contributed by atoms with E-state index in [0.29, 0.717) is 28.1 Å². The van der Waals surface area contributed by atoms with Crippen molar-refractivity contribution in [2.75, 3.05) is 19.0 Å². The number of ether oxygens (including phenoxy) is 1. The van der Waals surface area contributed by atoms with Gasteiger partial charge in [-0.25, -0.2) is 4.79 Å². The number of nitrogens with one attached hydrogen (secondary N) is 1. The summed E-state index contributed by atoms with van der Waals surface area (Å²) < 4.78 is 6.33. The first-order valence-electron chi connectivity index (χ1n) is 11.7. The molecule has 11 heteroatoms. The van der Waals surface area contributed by atoms with Gasteiger partial charge in [-0.3, -0.25) is 29.4 Å². The minimum atomic E-state index is -0.946. The number of carbonyl (C=O) groups excluding carboxylic acids is 3. The van der Waals surface area contributed by atoms with Crippen LogP contribution in [-0.2, 0) is 16.1 Å². The highest BCUT2D eigenvalue weighted by molar-refractivity contribution is 6.21. The van der Waals surface area contributed by atoms with Crippen molar-refractivity contribution in [3.05, 3.63) is 115 Å². The predicted molar refractivity (Wildman–Crippen MR) is 136 cm³/mol. The molecular weight excluding hydrogens is 492 g/mol. The number of nitrogens with zero attached hydrogens (tertiary/aromatic N) is 3. The van der Waals surface area contributed by atoms with Crippen LogP contribution in [0, 0.1) is 10.1 Å². The minimum Gasteiger partial charge on any atom is -0.466 e. The Kier molecular flexibility index (Phi) is 6.11. The number of pyridine rings is 1. The number of nitro groups is 1. The Balaban J connectivity index is 1.55. The summed E-state index contributed by atoms with van der Waals surface area (Å²) >= 11 is 0. The molecule has 0 fully saturated rings. The van der Waals surface area contributed by atoms with Crippen molar-refractivity contribution >= 4 is 29.2 Å². The molecule has 192 valence electrons. The summed E-state index contributed by atoms with van der Waals surface area (Å²) in [4.78, 5) is 64.1. The fourth-order valence-corrected chi connectivity index (χ4v) is 4.97. The number of aromatic nitrogens is 1. The molecule has 5 rings (SSSR count). The Bertz CT molecular complexity index is 1590. The second-order valence-electron chi connectivity index (χ2n) is 8.89. The molecule has 2 amide bonds. The molecule has 1 unspecified atom stereocenters. The lowest BCUT2D eigenvalue weighted by molar-refractivity contribution is -0.384. The number of allylic oxidation sites excluding steroid dienone is 1. The molecule has 11 nitrogen and oxygen atoms in total. The number of carbonyl (C=O) groups is 3. The van der Waals surface area contributed by atoms with E-state index in [0.717, 1.165) is 4.90 Å². The third-order valence-electron chi connectivity index (χ3n) is 6.77. The molecule has 0 saturated heterocycles. The van der Waals surface area contributed by atoms with E-state index in [9.17, 15) is 29.3 Å². The smallest absolute Gasteiger partial charge is 0.336 e. The molecule has 0 spiro atoms. The average Bonchev–Trinajstić information content (AvgIpc) is 3.16. The Labute approximate surface area is 216 Å². The van der Waals surface area contributed by atoms with Gasteiger partial charge < -0.3 is 14.6 Å². The molecule has 3 heterocycles. The highest BCUT2D eigenvalue weighted by Gasteiger charge is 2.37.